The van der Waals surface area contributed by atoms with Gasteiger partial charge in [0, 0.05) is 25.4 Å². The van der Waals surface area contributed by atoms with Crippen molar-refractivity contribution in [2.24, 2.45) is 11.8 Å². The lowest BCUT2D eigenvalue weighted by Gasteiger charge is -2.35. The highest BCUT2D eigenvalue weighted by Crippen LogP contribution is 2.57. The van der Waals surface area contributed by atoms with E-state index < -0.39 is 75.1 Å². The van der Waals surface area contributed by atoms with E-state index in [4.69, 9.17) is 28.4 Å². The second kappa shape index (κ2) is 16.9. The van der Waals surface area contributed by atoms with Crippen molar-refractivity contribution in [3.8, 4) is 0 Å². The van der Waals surface area contributed by atoms with Crippen molar-refractivity contribution in [3.63, 3.8) is 0 Å². The molecule has 0 radical (unpaired) electrons. The molecule has 0 aromatic heterocycles. The van der Waals surface area contributed by atoms with E-state index in [1.54, 1.807) is 34.6 Å². The van der Waals surface area contributed by atoms with E-state index in [9.17, 15) is 28.8 Å². The van der Waals surface area contributed by atoms with Crippen molar-refractivity contribution in [3.05, 3.63) is 0 Å². The van der Waals surface area contributed by atoms with Crippen LogP contribution >= 0.6 is 20.0 Å². The van der Waals surface area contributed by atoms with Crippen molar-refractivity contribution >= 4 is 55.4 Å². The number of methoxy groups -OCH3 is 2. The third-order valence-electron chi connectivity index (χ3n) is 4.36. The normalized spacial score (nSPS) is 15.6. The van der Waals surface area contributed by atoms with E-state index in [2.05, 4.69) is 10.0 Å². The van der Waals surface area contributed by atoms with Gasteiger partial charge in [-0.25, -0.2) is 19.2 Å². The number of hydrogen-bond donors (Lipinski definition) is 2. The van der Waals surface area contributed by atoms with E-state index >= 15 is 0 Å². The van der Waals surface area contributed by atoms with Gasteiger partial charge < -0.3 is 33.7 Å². The van der Waals surface area contributed by atoms with Crippen LogP contribution in [0.2, 0.25) is 0 Å². The van der Waals surface area contributed by atoms with Gasteiger partial charge in [0.2, 0.25) is 12.6 Å². The lowest BCUT2D eigenvalue weighted by Crippen LogP contribution is -2.45. The predicted molar refractivity (Wildman–Crippen MR) is 139 cm³/mol. The number of esters is 3. The summed E-state index contributed by atoms with van der Waals surface area (Å²) in [6.07, 6.45) is -4.64. The Kier molecular flexibility index (Phi) is 15.6. The van der Waals surface area contributed by atoms with Gasteiger partial charge in [0.15, 0.2) is 0 Å². The zero-order valence-corrected chi connectivity index (χ0v) is 24.6. The summed E-state index contributed by atoms with van der Waals surface area (Å²) in [5.41, 5.74) is 0. The zero-order chi connectivity index (χ0) is 29.6. The number of amides is 2. The summed E-state index contributed by atoms with van der Waals surface area (Å²) in [4.78, 5) is 73.2. The molecule has 4 unspecified atom stereocenters. The largest absolute Gasteiger partial charge is 0.467 e. The van der Waals surface area contributed by atoms with Gasteiger partial charge in [0.1, 0.15) is 6.04 Å². The Morgan fingerprint density at radius 2 is 1.18 bits per heavy atom. The van der Waals surface area contributed by atoms with Crippen LogP contribution in [0.25, 0.3) is 0 Å². The standard InChI is InChI=1S/C22H38N2O12S2/c1-10-38(22(30)32-9,24-21(29)36-15(7)34-18(26)13(4)5)37-11-16(19(27)31-8)23-20(28)35-14(6)33-17(25)12(2)3/h12-16H,10-11H2,1-9H3,(H,23,28)(H,24,29). The minimum absolute atomic E-state index is 0.0557. The molecule has 0 rings (SSSR count). The minimum Gasteiger partial charge on any atom is -0.467 e. The highest BCUT2D eigenvalue weighted by Gasteiger charge is 2.38. The number of carbonyl (C=O) groups is 6. The predicted octanol–water partition coefficient (Wildman–Crippen LogP) is 3.22. The van der Waals surface area contributed by atoms with Crippen LogP contribution in [-0.2, 0) is 42.8 Å². The zero-order valence-electron chi connectivity index (χ0n) is 23.0. The summed E-state index contributed by atoms with van der Waals surface area (Å²) in [7, 11) is 0.195. The quantitative estimate of drug-likeness (QED) is 0.147. The summed E-state index contributed by atoms with van der Waals surface area (Å²) in [6, 6.07) is -1.32. The van der Waals surface area contributed by atoms with Gasteiger partial charge in [-0.2, -0.15) is 0 Å². The molecule has 0 spiro atoms. The van der Waals surface area contributed by atoms with Crippen LogP contribution in [0.1, 0.15) is 48.5 Å². The van der Waals surface area contributed by atoms with Gasteiger partial charge >= 0.3 is 35.4 Å². The second-order valence-electron chi connectivity index (χ2n) is 8.15. The second-order valence-corrected chi connectivity index (χ2v) is 13.6. The third kappa shape index (κ3) is 12.1. The molecule has 220 valence electrons. The minimum atomic E-state index is -2.85. The van der Waals surface area contributed by atoms with Crippen LogP contribution < -0.4 is 10.0 Å². The molecule has 0 aliphatic rings. The summed E-state index contributed by atoms with van der Waals surface area (Å²) in [6.45, 7) is 10.7. The molecule has 0 aromatic carbocycles. The molecule has 38 heavy (non-hydrogen) atoms. The van der Waals surface area contributed by atoms with Crippen LogP contribution in [0.15, 0.2) is 0 Å². The number of carbonyl (C=O) groups excluding carboxylic acids is 6. The molecule has 4 atom stereocenters. The molecule has 0 heterocycles. The van der Waals surface area contributed by atoms with Crippen LogP contribution in [0.3, 0.4) is 0 Å². The fourth-order valence-electron chi connectivity index (χ4n) is 2.31. The first-order chi connectivity index (χ1) is 17.6. The van der Waals surface area contributed by atoms with E-state index in [-0.39, 0.29) is 11.5 Å². The maximum atomic E-state index is 12.7. The molecular weight excluding hydrogens is 548 g/mol. The van der Waals surface area contributed by atoms with Crippen LogP contribution in [0, 0.1) is 11.8 Å². The van der Waals surface area contributed by atoms with Gasteiger partial charge in [-0.1, -0.05) is 45.4 Å². The lowest BCUT2D eigenvalue weighted by atomic mass is 10.2. The smallest absolute Gasteiger partial charge is 0.420 e. The number of rotatable bonds is 12. The highest BCUT2D eigenvalue weighted by molar-refractivity contribution is 8.99. The lowest BCUT2D eigenvalue weighted by molar-refractivity contribution is -0.169. The molecule has 16 heteroatoms. The highest BCUT2D eigenvalue weighted by atomic mass is 33.2. The van der Waals surface area contributed by atoms with Crippen molar-refractivity contribution in [2.45, 2.75) is 67.1 Å². The van der Waals surface area contributed by atoms with E-state index in [0.29, 0.717) is 0 Å². The number of alkyl carbamates (subject to hydrolysis) is 1. The molecule has 2 N–H and O–H groups in total. The Morgan fingerprint density at radius 1 is 0.711 bits per heavy atom. The van der Waals surface area contributed by atoms with Crippen molar-refractivity contribution in [2.75, 3.05) is 25.7 Å². The third-order valence-corrected chi connectivity index (χ3v) is 10.2. The average Bonchev–Trinajstić information content (AvgIpc) is 2.83. The van der Waals surface area contributed by atoms with Gasteiger partial charge in [-0.3, -0.25) is 14.3 Å². The van der Waals surface area contributed by atoms with Crippen LogP contribution in [0.5, 0.6) is 0 Å². The first-order valence-electron chi connectivity index (χ1n) is 11.6. The molecule has 0 fully saturated rings. The van der Waals surface area contributed by atoms with Crippen molar-refractivity contribution in [1.29, 1.82) is 0 Å². The fraction of sp³-hybridized carbons (Fsp3) is 0.727. The topological polar surface area (TPSA) is 182 Å². The average molecular weight is 587 g/mol. The summed E-state index contributed by atoms with van der Waals surface area (Å²) in [5.74, 6) is -3.14. The van der Waals surface area contributed by atoms with Crippen molar-refractivity contribution in [1.82, 2.24) is 10.0 Å². The summed E-state index contributed by atoms with van der Waals surface area (Å²) < 4.78 is 32.0. The van der Waals surface area contributed by atoms with Crippen LogP contribution in [-0.4, -0.2) is 79.7 Å². The van der Waals surface area contributed by atoms with Crippen molar-refractivity contribution < 1.29 is 57.2 Å². The molecule has 0 saturated carbocycles. The molecular formula is C22H38N2O12S2. The first-order valence-corrected chi connectivity index (χ1v) is 14.9. The number of ether oxygens (including phenoxy) is 6. The summed E-state index contributed by atoms with van der Waals surface area (Å²) in [5, 5.41) is 1.49. The molecule has 14 nitrogen and oxygen atoms in total. The molecule has 0 bridgehead atoms. The Bertz CT molecular complexity index is 854. The maximum Gasteiger partial charge on any atom is 0.420 e. The Labute approximate surface area is 227 Å². The van der Waals surface area contributed by atoms with E-state index in [1.165, 1.54) is 13.8 Å². The SMILES string of the molecule is CCS(NC(=O)OC(C)OC(=O)C(C)C)(SCC(NC(=O)OC(C)OC(=O)C(C)C)C(=O)OC)C(=O)OC. The molecule has 2 amide bonds. The van der Waals surface area contributed by atoms with Gasteiger partial charge in [-0.05, 0) is 9.25 Å². The molecule has 0 aromatic rings. The van der Waals surface area contributed by atoms with Gasteiger partial charge in [0.25, 0.3) is 0 Å². The number of hydrogen-bond acceptors (Lipinski definition) is 13. The van der Waals surface area contributed by atoms with Gasteiger partial charge in [0.05, 0.1) is 26.1 Å². The van der Waals surface area contributed by atoms with E-state index in [1.807, 2.05) is 0 Å². The molecule has 0 aliphatic heterocycles. The number of nitrogens with one attached hydrogen (secondary N) is 2. The Balaban J connectivity index is 5.48. The monoisotopic (exact) mass is 586 g/mol. The summed E-state index contributed by atoms with van der Waals surface area (Å²) >= 11 is 0. The Morgan fingerprint density at radius 3 is 1.58 bits per heavy atom. The molecule has 0 saturated heterocycles. The molecule has 0 aliphatic carbocycles. The first kappa shape index (κ1) is 35.1. The van der Waals surface area contributed by atoms with Gasteiger partial charge in [-0.15, -0.1) is 0 Å². The maximum absolute atomic E-state index is 12.7. The van der Waals surface area contributed by atoms with Crippen LogP contribution in [0.4, 0.5) is 14.4 Å². The fourth-order valence-corrected chi connectivity index (χ4v) is 6.74. The Hall–Kier alpha value is -2.88. The van der Waals surface area contributed by atoms with E-state index in [0.717, 1.165) is 25.0 Å².